The van der Waals surface area contributed by atoms with Crippen molar-refractivity contribution in [3.63, 3.8) is 0 Å². The minimum atomic E-state index is -0.333. The third kappa shape index (κ3) is 2.85. The SMILES string of the molecule is NCCn1cnc(C(=O)Nc2cccnc2Cl)c1. The van der Waals surface area contributed by atoms with Crippen molar-refractivity contribution in [3.05, 3.63) is 41.7 Å². The van der Waals surface area contributed by atoms with Crippen molar-refractivity contribution >= 4 is 23.2 Å². The van der Waals surface area contributed by atoms with Crippen LogP contribution in [0.1, 0.15) is 10.5 Å². The first-order valence-corrected chi connectivity index (χ1v) is 5.72. The van der Waals surface area contributed by atoms with Crippen LogP contribution in [0.3, 0.4) is 0 Å². The second-order valence-corrected chi connectivity index (χ2v) is 3.94. The van der Waals surface area contributed by atoms with Gasteiger partial charge in [-0.2, -0.15) is 0 Å². The number of halogens is 1. The topological polar surface area (TPSA) is 85.8 Å². The average Bonchev–Trinajstić information content (AvgIpc) is 2.81. The van der Waals surface area contributed by atoms with Crippen LogP contribution < -0.4 is 11.1 Å². The molecule has 3 N–H and O–H groups in total. The minimum absolute atomic E-state index is 0.243. The molecule has 1 amide bonds. The molecule has 0 atom stereocenters. The van der Waals surface area contributed by atoms with E-state index in [-0.39, 0.29) is 11.1 Å². The van der Waals surface area contributed by atoms with Crippen molar-refractivity contribution in [2.45, 2.75) is 6.54 Å². The van der Waals surface area contributed by atoms with Crippen LogP contribution in [0.15, 0.2) is 30.9 Å². The lowest BCUT2D eigenvalue weighted by molar-refractivity contribution is 0.102. The van der Waals surface area contributed by atoms with E-state index >= 15 is 0 Å². The quantitative estimate of drug-likeness (QED) is 0.812. The summed E-state index contributed by atoms with van der Waals surface area (Å²) < 4.78 is 1.75. The Kier molecular flexibility index (Phi) is 3.91. The lowest BCUT2D eigenvalue weighted by Crippen LogP contribution is -2.13. The molecule has 0 saturated heterocycles. The van der Waals surface area contributed by atoms with Gasteiger partial charge in [0.1, 0.15) is 5.69 Å². The maximum absolute atomic E-state index is 11.9. The number of anilines is 1. The van der Waals surface area contributed by atoms with Crippen LogP contribution in [-0.4, -0.2) is 27.0 Å². The van der Waals surface area contributed by atoms with Crippen LogP contribution in [0.5, 0.6) is 0 Å². The van der Waals surface area contributed by atoms with Gasteiger partial charge in [-0.25, -0.2) is 9.97 Å². The largest absolute Gasteiger partial charge is 0.335 e. The molecule has 94 valence electrons. The van der Waals surface area contributed by atoms with Gasteiger partial charge in [0.25, 0.3) is 5.91 Å². The molecule has 2 heterocycles. The summed E-state index contributed by atoms with van der Waals surface area (Å²) in [5.74, 6) is -0.333. The summed E-state index contributed by atoms with van der Waals surface area (Å²) in [4.78, 5) is 19.7. The zero-order valence-electron chi connectivity index (χ0n) is 9.51. The molecule has 0 aliphatic rings. The van der Waals surface area contributed by atoms with Crippen molar-refractivity contribution in [1.29, 1.82) is 0 Å². The van der Waals surface area contributed by atoms with Gasteiger partial charge in [0.15, 0.2) is 5.15 Å². The number of pyridine rings is 1. The van der Waals surface area contributed by atoms with Crippen LogP contribution in [0.2, 0.25) is 5.15 Å². The number of carbonyl (C=O) groups is 1. The maximum Gasteiger partial charge on any atom is 0.275 e. The highest BCUT2D eigenvalue weighted by molar-refractivity contribution is 6.32. The first kappa shape index (κ1) is 12.5. The molecule has 2 rings (SSSR count). The van der Waals surface area contributed by atoms with E-state index < -0.39 is 0 Å². The Morgan fingerprint density at radius 3 is 3.06 bits per heavy atom. The van der Waals surface area contributed by atoms with Crippen LogP contribution in [0.4, 0.5) is 5.69 Å². The Balaban J connectivity index is 2.10. The fourth-order valence-electron chi connectivity index (χ4n) is 1.41. The van der Waals surface area contributed by atoms with E-state index in [9.17, 15) is 4.79 Å². The molecule has 6 nitrogen and oxygen atoms in total. The van der Waals surface area contributed by atoms with E-state index in [0.29, 0.717) is 24.5 Å². The zero-order chi connectivity index (χ0) is 13.0. The number of nitrogens with one attached hydrogen (secondary N) is 1. The highest BCUT2D eigenvalue weighted by atomic mass is 35.5. The van der Waals surface area contributed by atoms with Gasteiger partial charge >= 0.3 is 0 Å². The minimum Gasteiger partial charge on any atom is -0.335 e. The normalized spacial score (nSPS) is 10.3. The monoisotopic (exact) mass is 265 g/mol. The van der Waals surface area contributed by atoms with Gasteiger partial charge in [-0.05, 0) is 12.1 Å². The van der Waals surface area contributed by atoms with E-state index in [1.54, 1.807) is 35.4 Å². The number of rotatable bonds is 4. The van der Waals surface area contributed by atoms with Gasteiger partial charge in [-0.3, -0.25) is 4.79 Å². The van der Waals surface area contributed by atoms with Gasteiger partial charge in [0, 0.05) is 25.5 Å². The Labute approximate surface area is 109 Å². The number of amides is 1. The summed E-state index contributed by atoms with van der Waals surface area (Å²) in [6.07, 6.45) is 4.74. The zero-order valence-corrected chi connectivity index (χ0v) is 10.3. The van der Waals surface area contributed by atoms with Gasteiger partial charge in [0.05, 0.1) is 12.0 Å². The predicted octanol–water partition coefficient (Wildman–Crippen LogP) is 1.14. The van der Waals surface area contributed by atoms with Crippen molar-refractivity contribution in [2.75, 3.05) is 11.9 Å². The Hall–Kier alpha value is -1.92. The molecule has 0 fully saturated rings. The summed E-state index contributed by atoms with van der Waals surface area (Å²) in [7, 11) is 0. The molecular formula is C11H12ClN5O. The molecule has 0 radical (unpaired) electrons. The van der Waals surface area contributed by atoms with Crippen molar-refractivity contribution < 1.29 is 4.79 Å². The van der Waals surface area contributed by atoms with Gasteiger partial charge in [0.2, 0.25) is 0 Å². The summed E-state index contributed by atoms with van der Waals surface area (Å²) in [5, 5.41) is 2.88. The molecular weight excluding hydrogens is 254 g/mol. The Bertz CT molecular complexity index is 554. The third-order valence-corrected chi connectivity index (χ3v) is 2.56. The van der Waals surface area contributed by atoms with Gasteiger partial charge < -0.3 is 15.6 Å². The number of carbonyl (C=O) groups excluding carboxylic acids is 1. The summed E-state index contributed by atoms with van der Waals surface area (Å²) >= 11 is 5.84. The summed E-state index contributed by atoms with van der Waals surface area (Å²) in [5.41, 5.74) is 6.18. The predicted molar refractivity (Wildman–Crippen MR) is 68.5 cm³/mol. The summed E-state index contributed by atoms with van der Waals surface area (Å²) in [6.45, 7) is 1.11. The smallest absolute Gasteiger partial charge is 0.275 e. The Morgan fingerprint density at radius 1 is 1.50 bits per heavy atom. The number of nitrogens with zero attached hydrogens (tertiary/aromatic N) is 3. The molecule has 2 aromatic rings. The fourth-order valence-corrected chi connectivity index (χ4v) is 1.58. The van der Waals surface area contributed by atoms with Crippen LogP contribution in [-0.2, 0) is 6.54 Å². The first-order valence-electron chi connectivity index (χ1n) is 5.34. The lowest BCUT2D eigenvalue weighted by Gasteiger charge is -2.03. The Morgan fingerprint density at radius 2 is 2.33 bits per heavy atom. The van der Waals surface area contributed by atoms with Crippen LogP contribution >= 0.6 is 11.6 Å². The number of aromatic nitrogens is 3. The van der Waals surface area contributed by atoms with E-state index in [0.717, 1.165) is 0 Å². The number of nitrogens with two attached hydrogens (primary N) is 1. The van der Waals surface area contributed by atoms with E-state index in [1.165, 1.54) is 0 Å². The molecule has 0 aliphatic carbocycles. The average molecular weight is 266 g/mol. The maximum atomic E-state index is 11.9. The highest BCUT2D eigenvalue weighted by Crippen LogP contribution is 2.17. The molecule has 0 saturated carbocycles. The molecule has 0 spiro atoms. The van der Waals surface area contributed by atoms with Crippen LogP contribution in [0.25, 0.3) is 0 Å². The van der Waals surface area contributed by atoms with Gasteiger partial charge in [-0.15, -0.1) is 0 Å². The molecule has 0 aromatic carbocycles. The van der Waals surface area contributed by atoms with Crippen molar-refractivity contribution in [2.24, 2.45) is 5.73 Å². The summed E-state index contributed by atoms with van der Waals surface area (Å²) in [6, 6.07) is 3.36. The number of imidazole rings is 1. The molecule has 18 heavy (non-hydrogen) atoms. The second-order valence-electron chi connectivity index (χ2n) is 3.58. The fraction of sp³-hybridized carbons (Fsp3) is 0.182. The van der Waals surface area contributed by atoms with Gasteiger partial charge in [-0.1, -0.05) is 11.6 Å². The third-order valence-electron chi connectivity index (χ3n) is 2.26. The van der Waals surface area contributed by atoms with Crippen molar-refractivity contribution in [1.82, 2.24) is 14.5 Å². The second kappa shape index (κ2) is 5.61. The lowest BCUT2D eigenvalue weighted by atomic mass is 10.4. The van der Waals surface area contributed by atoms with E-state index in [2.05, 4.69) is 15.3 Å². The molecule has 0 bridgehead atoms. The van der Waals surface area contributed by atoms with E-state index in [1.807, 2.05) is 0 Å². The highest BCUT2D eigenvalue weighted by Gasteiger charge is 2.11. The number of hydrogen-bond donors (Lipinski definition) is 2. The standard InChI is InChI=1S/C11H12ClN5O/c12-10-8(2-1-4-14-10)16-11(18)9-6-17(5-3-13)7-15-9/h1-2,4,6-7H,3,5,13H2,(H,16,18). The molecule has 0 unspecified atom stereocenters. The number of hydrogen-bond acceptors (Lipinski definition) is 4. The van der Waals surface area contributed by atoms with E-state index in [4.69, 9.17) is 17.3 Å². The molecule has 7 heteroatoms. The molecule has 2 aromatic heterocycles. The first-order chi connectivity index (χ1) is 8.70. The molecule has 0 aliphatic heterocycles. The van der Waals surface area contributed by atoms with Crippen LogP contribution in [0, 0.1) is 0 Å². The van der Waals surface area contributed by atoms with Crippen molar-refractivity contribution in [3.8, 4) is 0 Å².